The third-order valence-electron chi connectivity index (χ3n) is 4.95. The highest BCUT2D eigenvalue weighted by molar-refractivity contribution is 6.31. The quantitative estimate of drug-likeness (QED) is 0.577. The Morgan fingerprint density at radius 1 is 1.53 bits per heavy atom. The van der Waals surface area contributed by atoms with Crippen molar-refractivity contribution in [2.24, 2.45) is 4.99 Å². The molecule has 0 saturated carbocycles. The van der Waals surface area contributed by atoms with Gasteiger partial charge in [-0.1, -0.05) is 11.6 Å². The monoisotopic (exact) mass is 429 g/mol. The number of carbonyl (C=O) groups is 1. The van der Waals surface area contributed by atoms with Gasteiger partial charge in [-0.15, -0.1) is 0 Å². The predicted molar refractivity (Wildman–Crippen MR) is 111 cm³/mol. The molecule has 30 heavy (non-hydrogen) atoms. The lowest BCUT2D eigenvalue weighted by Crippen LogP contribution is -2.29. The highest BCUT2D eigenvalue weighted by Crippen LogP contribution is 2.27. The van der Waals surface area contributed by atoms with Crippen molar-refractivity contribution in [2.75, 3.05) is 13.7 Å². The summed E-state index contributed by atoms with van der Waals surface area (Å²) < 4.78 is 11.4. The first-order valence-electron chi connectivity index (χ1n) is 9.27. The van der Waals surface area contributed by atoms with Crippen molar-refractivity contribution < 1.29 is 19.4 Å². The molecular weight excluding hydrogens is 410 g/mol. The van der Waals surface area contributed by atoms with Crippen LogP contribution in [0.1, 0.15) is 39.9 Å². The molecule has 0 radical (unpaired) electrons. The van der Waals surface area contributed by atoms with Crippen LogP contribution in [0.4, 0.5) is 5.69 Å². The predicted octanol–water partition coefficient (Wildman–Crippen LogP) is 3.10. The Hall–Kier alpha value is -3.15. The van der Waals surface area contributed by atoms with Crippen molar-refractivity contribution >= 4 is 29.5 Å². The van der Waals surface area contributed by atoms with Crippen molar-refractivity contribution in [3.63, 3.8) is 0 Å². The maximum Gasteiger partial charge on any atom is 0.340 e. The number of esters is 1. The maximum absolute atomic E-state index is 12.7. The highest BCUT2D eigenvalue weighted by Gasteiger charge is 2.23. The summed E-state index contributed by atoms with van der Waals surface area (Å²) in [5, 5.41) is 20.6. The summed E-state index contributed by atoms with van der Waals surface area (Å²) in [5.74, 6) is -0.918. The number of nitriles is 1. The van der Waals surface area contributed by atoms with E-state index in [4.69, 9.17) is 21.1 Å². The first-order valence-corrected chi connectivity index (χ1v) is 9.65. The number of hydrogen-bond acceptors (Lipinski definition) is 7. The number of benzene rings is 1. The molecule has 1 atom stereocenters. The second kappa shape index (κ2) is 9.11. The smallest absolute Gasteiger partial charge is 0.340 e. The molecule has 1 fully saturated rings. The number of nitrogens with zero attached hydrogens (tertiary/aromatic N) is 3. The second-order valence-corrected chi connectivity index (χ2v) is 7.25. The SMILES string of the molecule is COC(=O)c1ccc(Cl)cc1N=Cc1c(C)c(C#N)c(=O)n(C[C@H]2CCCO2)c1O. The number of aliphatic imine (C=N–C) groups is 1. The minimum absolute atomic E-state index is 0.0912. The first kappa shape index (κ1) is 21.6. The van der Waals surface area contributed by atoms with Crippen LogP contribution in [0.25, 0.3) is 0 Å². The fourth-order valence-corrected chi connectivity index (χ4v) is 3.48. The van der Waals surface area contributed by atoms with Gasteiger partial charge in [-0.3, -0.25) is 14.4 Å². The molecule has 3 rings (SSSR count). The Balaban J connectivity index is 2.10. The first-order chi connectivity index (χ1) is 14.4. The molecular formula is C21H20ClN3O5. The molecule has 2 heterocycles. The molecule has 0 spiro atoms. The van der Waals surface area contributed by atoms with E-state index in [1.165, 1.54) is 31.5 Å². The van der Waals surface area contributed by atoms with E-state index in [-0.39, 0.29) is 46.5 Å². The fourth-order valence-electron chi connectivity index (χ4n) is 3.32. The normalized spacial score (nSPS) is 16.0. The lowest BCUT2D eigenvalue weighted by atomic mass is 10.1. The number of aromatic nitrogens is 1. The maximum atomic E-state index is 12.7. The van der Waals surface area contributed by atoms with Crippen LogP contribution in [0, 0.1) is 18.3 Å². The summed E-state index contributed by atoms with van der Waals surface area (Å²) in [6.07, 6.45) is 2.72. The molecule has 1 N–H and O–H groups in total. The van der Waals surface area contributed by atoms with Gasteiger partial charge in [-0.05, 0) is 43.5 Å². The van der Waals surface area contributed by atoms with Crippen LogP contribution in [0.15, 0.2) is 28.0 Å². The Kier molecular flexibility index (Phi) is 6.55. The van der Waals surface area contributed by atoms with Gasteiger partial charge in [0.2, 0.25) is 5.88 Å². The van der Waals surface area contributed by atoms with Crippen LogP contribution in [-0.2, 0) is 16.0 Å². The number of carbonyl (C=O) groups excluding carboxylic acids is 1. The Bertz CT molecular complexity index is 1110. The Labute approximate surface area is 177 Å². The number of aromatic hydroxyl groups is 1. The molecule has 0 bridgehead atoms. The molecule has 0 aliphatic carbocycles. The fraction of sp³-hybridized carbons (Fsp3) is 0.333. The zero-order valence-electron chi connectivity index (χ0n) is 16.5. The number of halogens is 1. The topological polar surface area (TPSA) is 114 Å². The van der Waals surface area contributed by atoms with Gasteiger partial charge in [-0.25, -0.2) is 4.79 Å². The average molecular weight is 430 g/mol. The summed E-state index contributed by atoms with van der Waals surface area (Å²) in [4.78, 5) is 29.0. The summed E-state index contributed by atoms with van der Waals surface area (Å²) in [6, 6.07) is 6.39. The van der Waals surface area contributed by atoms with Crippen LogP contribution < -0.4 is 5.56 Å². The number of hydrogen-bond donors (Lipinski definition) is 1. The molecule has 2 aromatic rings. The van der Waals surface area contributed by atoms with Crippen molar-refractivity contribution in [1.29, 1.82) is 5.26 Å². The second-order valence-electron chi connectivity index (χ2n) is 6.81. The van der Waals surface area contributed by atoms with Gasteiger partial charge in [0.25, 0.3) is 5.56 Å². The molecule has 1 aliphatic rings. The van der Waals surface area contributed by atoms with Crippen molar-refractivity contribution in [3.05, 3.63) is 55.8 Å². The molecule has 156 valence electrons. The number of ether oxygens (including phenoxy) is 2. The lowest BCUT2D eigenvalue weighted by Gasteiger charge is -2.17. The molecule has 9 heteroatoms. The Morgan fingerprint density at radius 3 is 2.93 bits per heavy atom. The number of rotatable bonds is 5. The Morgan fingerprint density at radius 2 is 2.30 bits per heavy atom. The summed E-state index contributed by atoms with van der Waals surface area (Å²) in [7, 11) is 1.25. The zero-order chi connectivity index (χ0) is 21.8. The van der Waals surface area contributed by atoms with E-state index < -0.39 is 11.5 Å². The van der Waals surface area contributed by atoms with Gasteiger partial charge in [0.15, 0.2) is 0 Å². The van der Waals surface area contributed by atoms with E-state index >= 15 is 0 Å². The molecule has 8 nitrogen and oxygen atoms in total. The van der Waals surface area contributed by atoms with Gasteiger partial charge in [0, 0.05) is 17.8 Å². The van der Waals surface area contributed by atoms with Crippen LogP contribution in [-0.4, -0.2) is 41.7 Å². The number of pyridine rings is 1. The minimum Gasteiger partial charge on any atom is -0.494 e. The van der Waals surface area contributed by atoms with Crippen molar-refractivity contribution in [1.82, 2.24) is 4.57 Å². The van der Waals surface area contributed by atoms with E-state index in [1.54, 1.807) is 6.92 Å². The minimum atomic E-state index is -0.596. The highest BCUT2D eigenvalue weighted by atomic mass is 35.5. The van der Waals surface area contributed by atoms with E-state index in [9.17, 15) is 20.0 Å². The summed E-state index contributed by atoms with van der Waals surface area (Å²) >= 11 is 6.02. The van der Waals surface area contributed by atoms with E-state index in [0.717, 1.165) is 17.4 Å². The van der Waals surface area contributed by atoms with Crippen molar-refractivity contribution in [2.45, 2.75) is 32.4 Å². The van der Waals surface area contributed by atoms with Crippen molar-refractivity contribution in [3.8, 4) is 11.9 Å². The molecule has 0 amide bonds. The van der Waals surface area contributed by atoms with Gasteiger partial charge in [0.05, 0.1) is 36.6 Å². The molecule has 1 saturated heterocycles. The van der Waals surface area contributed by atoms with Crippen LogP contribution in [0.3, 0.4) is 0 Å². The van der Waals surface area contributed by atoms with E-state index in [0.29, 0.717) is 11.6 Å². The molecule has 1 aromatic heterocycles. The molecule has 1 aromatic carbocycles. The lowest BCUT2D eigenvalue weighted by molar-refractivity contribution is 0.0601. The van der Waals surface area contributed by atoms with Crippen LogP contribution in [0.5, 0.6) is 5.88 Å². The van der Waals surface area contributed by atoms with Crippen LogP contribution >= 0.6 is 11.6 Å². The third-order valence-corrected chi connectivity index (χ3v) is 5.19. The molecule has 1 aliphatic heterocycles. The third kappa shape index (κ3) is 4.22. The van der Waals surface area contributed by atoms with Gasteiger partial charge < -0.3 is 14.6 Å². The van der Waals surface area contributed by atoms with E-state index in [2.05, 4.69) is 4.99 Å². The van der Waals surface area contributed by atoms with Gasteiger partial charge in [-0.2, -0.15) is 5.26 Å². The zero-order valence-corrected chi connectivity index (χ0v) is 17.3. The largest absolute Gasteiger partial charge is 0.494 e. The average Bonchev–Trinajstić information content (AvgIpc) is 3.24. The number of methoxy groups -OCH3 is 1. The standard InChI is InChI=1S/C21H20ClN3O5/c1-12-16(9-23)19(26)25(11-14-4-3-7-30-14)20(27)17(12)10-24-18-8-13(22)5-6-15(18)21(28)29-2/h5-6,8,10,14,27H,3-4,7,11H2,1-2H3/t14-/m1/s1. The van der Waals surface area contributed by atoms with Gasteiger partial charge >= 0.3 is 5.97 Å². The molecule has 0 unspecified atom stereocenters. The van der Waals surface area contributed by atoms with Gasteiger partial charge in [0.1, 0.15) is 11.6 Å². The van der Waals surface area contributed by atoms with E-state index in [1.807, 2.05) is 6.07 Å². The van der Waals surface area contributed by atoms with Crippen LogP contribution in [0.2, 0.25) is 5.02 Å². The summed E-state index contributed by atoms with van der Waals surface area (Å²) in [6.45, 7) is 2.28. The summed E-state index contributed by atoms with van der Waals surface area (Å²) in [5.41, 5.74) is 0.214.